The van der Waals surface area contributed by atoms with E-state index in [-0.39, 0.29) is 0 Å². The highest BCUT2D eigenvalue weighted by Crippen LogP contribution is 2.63. The van der Waals surface area contributed by atoms with E-state index in [1.54, 1.807) is 0 Å². The van der Waals surface area contributed by atoms with Gasteiger partial charge in [-0.2, -0.15) is 0 Å². The minimum absolute atomic E-state index is 0.611. The third kappa shape index (κ3) is 6.49. The molecule has 1 unspecified atom stereocenters. The van der Waals surface area contributed by atoms with Crippen molar-refractivity contribution in [3.63, 3.8) is 0 Å². The van der Waals surface area contributed by atoms with Gasteiger partial charge in [-0.15, -0.1) is 0 Å². The Kier molecular flexibility index (Phi) is 9.45. The first kappa shape index (κ1) is 43.1. The maximum absolute atomic E-state index is 5.41. The third-order valence-electron chi connectivity index (χ3n) is 16.0. The fourth-order valence-electron chi connectivity index (χ4n) is 12.6. The summed E-state index contributed by atoms with van der Waals surface area (Å²) in [5.41, 5.74) is 22.0. The molecule has 0 saturated carbocycles. The first-order chi connectivity index (χ1) is 38.2. The Bertz CT molecular complexity index is 4660. The van der Waals surface area contributed by atoms with Crippen LogP contribution < -0.4 is 0 Å². The summed E-state index contributed by atoms with van der Waals surface area (Å²) in [5, 5.41) is 2.31. The van der Waals surface area contributed by atoms with E-state index in [1.165, 1.54) is 49.9 Å². The summed E-state index contributed by atoms with van der Waals surface area (Å²) in [5.74, 6) is 2.79. The number of para-hydroxylation sites is 4. The zero-order valence-electron chi connectivity index (χ0n) is 41.6. The fraction of sp³-hybridized carbons (Fsp3) is 0.0141. The molecule has 11 aromatic carbocycles. The number of fused-ring (bicyclic) bond motifs is 14. The molecule has 0 bridgehead atoms. The number of hydrogen-bond donors (Lipinski definition) is 0. The van der Waals surface area contributed by atoms with E-state index in [1.807, 2.05) is 24.3 Å². The lowest BCUT2D eigenvalue weighted by Crippen LogP contribution is -2.26. The molecule has 0 aliphatic heterocycles. The second-order valence-corrected chi connectivity index (χ2v) is 20.1. The summed E-state index contributed by atoms with van der Waals surface area (Å²) in [6.07, 6.45) is 0. The highest BCUT2D eigenvalue weighted by atomic mass is 15.1. The zero-order chi connectivity index (χ0) is 50.6. The lowest BCUT2D eigenvalue weighted by molar-refractivity contribution is 0.794. The Morgan fingerprint density at radius 1 is 0.260 bits per heavy atom. The van der Waals surface area contributed by atoms with Gasteiger partial charge in [0.15, 0.2) is 17.5 Å². The van der Waals surface area contributed by atoms with E-state index in [4.69, 9.17) is 19.9 Å². The Morgan fingerprint density at radius 2 is 0.727 bits per heavy atom. The molecule has 1 spiro atoms. The Morgan fingerprint density at radius 3 is 1.42 bits per heavy atom. The molecule has 6 nitrogen and oxygen atoms in total. The number of benzene rings is 11. The second kappa shape index (κ2) is 16.9. The molecule has 16 rings (SSSR count). The van der Waals surface area contributed by atoms with Gasteiger partial charge in [0.2, 0.25) is 0 Å². The van der Waals surface area contributed by atoms with E-state index >= 15 is 0 Å². The quantitative estimate of drug-likeness (QED) is 0.160. The van der Waals surface area contributed by atoms with Crippen LogP contribution >= 0.6 is 0 Å². The summed E-state index contributed by atoms with van der Waals surface area (Å²) in [6, 6.07) is 95.8. The highest BCUT2D eigenvalue weighted by Gasteiger charge is 2.52. The maximum Gasteiger partial charge on any atom is 0.164 e. The molecule has 0 fully saturated rings. The van der Waals surface area contributed by atoms with Crippen molar-refractivity contribution in [3.8, 4) is 90.3 Å². The normalized spacial score (nSPS) is 14.0. The van der Waals surface area contributed by atoms with Crippen LogP contribution in [0.2, 0.25) is 0 Å². The van der Waals surface area contributed by atoms with Crippen LogP contribution in [0.5, 0.6) is 0 Å². The summed E-state index contributed by atoms with van der Waals surface area (Å²) in [4.78, 5) is 21.1. The van der Waals surface area contributed by atoms with Gasteiger partial charge in [0.05, 0.1) is 27.5 Å². The number of imidazole rings is 1. The largest absolute Gasteiger partial charge is 0.309 e. The molecular weight excluding hydrogens is 937 g/mol. The third-order valence-corrected chi connectivity index (χ3v) is 16.0. The molecule has 0 saturated heterocycles. The Labute approximate surface area is 444 Å². The molecule has 3 aromatic heterocycles. The molecule has 77 heavy (non-hydrogen) atoms. The molecule has 2 aliphatic rings. The van der Waals surface area contributed by atoms with Gasteiger partial charge in [-0.3, -0.25) is 4.57 Å². The summed E-state index contributed by atoms with van der Waals surface area (Å²) < 4.78 is 4.61. The van der Waals surface area contributed by atoms with Crippen molar-refractivity contribution in [2.45, 2.75) is 5.41 Å². The molecular formula is C71H44N6. The van der Waals surface area contributed by atoms with Crippen LogP contribution in [0, 0.1) is 0 Å². The van der Waals surface area contributed by atoms with Crippen molar-refractivity contribution in [1.29, 1.82) is 0 Å². The highest BCUT2D eigenvalue weighted by molar-refractivity contribution is 6.10. The fourth-order valence-corrected chi connectivity index (χ4v) is 12.6. The van der Waals surface area contributed by atoms with Crippen LogP contribution in [-0.4, -0.2) is 29.1 Å². The molecule has 2 aliphatic carbocycles. The van der Waals surface area contributed by atoms with Crippen LogP contribution in [0.25, 0.3) is 123 Å². The van der Waals surface area contributed by atoms with Crippen molar-refractivity contribution in [1.82, 2.24) is 29.1 Å². The van der Waals surface area contributed by atoms with Crippen LogP contribution in [0.15, 0.2) is 267 Å². The summed E-state index contributed by atoms with van der Waals surface area (Å²) in [6.45, 7) is 0. The average molecular weight is 981 g/mol. The van der Waals surface area contributed by atoms with Crippen molar-refractivity contribution in [2.75, 3.05) is 0 Å². The van der Waals surface area contributed by atoms with Crippen molar-refractivity contribution < 1.29 is 0 Å². The van der Waals surface area contributed by atoms with Gasteiger partial charge in [0, 0.05) is 44.4 Å². The minimum Gasteiger partial charge on any atom is -0.309 e. The van der Waals surface area contributed by atoms with Gasteiger partial charge in [0.1, 0.15) is 5.82 Å². The Balaban J connectivity index is 0.858. The summed E-state index contributed by atoms with van der Waals surface area (Å²) in [7, 11) is 0. The summed E-state index contributed by atoms with van der Waals surface area (Å²) >= 11 is 0. The van der Waals surface area contributed by atoms with Gasteiger partial charge >= 0.3 is 0 Å². The number of nitrogens with zero attached hydrogens (tertiary/aromatic N) is 6. The van der Waals surface area contributed by atoms with E-state index < -0.39 is 5.41 Å². The molecule has 0 amide bonds. The molecule has 0 radical (unpaired) electrons. The topological polar surface area (TPSA) is 61.4 Å². The van der Waals surface area contributed by atoms with Crippen molar-refractivity contribution in [2.24, 2.45) is 0 Å². The smallest absolute Gasteiger partial charge is 0.164 e. The van der Waals surface area contributed by atoms with E-state index in [0.29, 0.717) is 17.5 Å². The van der Waals surface area contributed by atoms with Gasteiger partial charge in [0.25, 0.3) is 0 Å². The molecule has 0 N–H and O–H groups in total. The van der Waals surface area contributed by atoms with Gasteiger partial charge in [-0.25, -0.2) is 19.9 Å². The minimum atomic E-state index is -0.611. The number of aromatic nitrogens is 6. The van der Waals surface area contributed by atoms with Gasteiger partial charge in [-0.1, -0.05) is 194 Å². The molecule has 3 heterocycles. The van der Waals surface area contributed by atoms with Crippen LogP contribution in [0.4, 0.5) is 0 Å². The lowest BCUT2D eigenvalue weighted by atomic mass is 9.70. The number of hydrogen-bond acceptors (Lipinski definition) is 4. The van der Waals surface area contributed by atoms with Crippen molar-refractivity contribution >= 4 is 32.8 Å². The van der Waals surface area contributed by atoms with Crippen LogP contribution in [0.3, 0.4) is 0 Å². The van der Waals surface area contributed by atoms with E-state index in [9.17, 15) is 0 Å². The molecule has 6 heteroatoms. The van der Waals surface area contributed by atoms with E-state index in [0.717, 1.165) is 78.0 Å². The zero-order valence-corrected chi connectivity index (χ0v) is 41.6. The average Bonchev–Trinajstić information content (AvgIpc) is 4.33. The molecule has 1 atom stereocenters. The molecule has 14 aromatic rings. The van der Waals surface area contributed by atoms with Gasteiger partial charge < -0.3 is 4.57 Å². The monoisotopic (exact) mass is 980 g/mol. The maximum atomic E-state index is 5.41. The molecule has 358 valence electrons. The van der Waals surface area contributed by atoms with Crippen molar-refractivity contribution in [3.05, 3.63) is 289 Å². The standard InChI is InChI=1S/C71H44N6/c1-4-18-46(19-5-1)67-73-68(49-36-41-65-58(42-49)57-26-12-16-30-64(57)76(65)51-22-8-3-9-23-51)75-69(74-67)50-35-40-56-54-25-11-14-28-60(54)71(62(56)44-50)59-27-13-10-24-53(59)55-39-34-48(43-61(55)71)45-32-37-52(38-33-45)77-66-31-17-15-29-63(66)72-70(77)47-20-6-2-7-21-47/h1-44H. The second-order valence-electron chi connectivity index (χ2n) is 20.1. The first-order valence-electron chi connectivity index (χ1n) is 26.2. The SMILES string of the molecule is c1ccc(-c2nc(-c3ccc4c(c3)C3(c5ccccc5-c5ccc(-c6ccc(-n7c(-c8ccccc8)nc8ccccc87)cc6)cc53)c3ccccc3-4)nc(-c3ccc4c(c3)c3ccccc3n4-c3ccccc3)n2)cc1. The van der Waals surface area contributed by atoms with E-state index in [2.05, 4.69) is 252 Å². The van der Waals surface area contributed by atoms with Crippen LogP contribution in [0.1, 0.15) is 22.3 Å². The number of rotatable bonds is 7. The first-order valence-corrected chi connectivity index (χ1v) is 26.2. The lowest BCUT2D eigenvalue weighted by Gasteiger charge is -2.31. The van der Waals surface area contributed by atoms with Gasteiger partial charge in [-0.05, 0) is 128 Å². The Hall–Kier alpha value is -10.3. The predicted molar refractivity (Wildman–Crippen MR) is 312 cm³/mol. The van der Waals surface area contributed by atoms with Crippen LogP contribution in [-0.2, 0) is 5.41 Å². The predicted octanol–water partition coefficient (Wildman–Crippen LogP) is 17.0.